The molecule has 1 N–H and O–H groups in total. The van der Waals surface area contributed by atoms with Crippen LogP contribution in [0.5, 0.6) is 0 Å². The van der Waals surface area contributed by atoms with E-state index in [1.165, 1.54) is 12.1 Å². The van der Waals surface area contributed by atoms with Crippen LogP contribution in [-0.2, 0) is 4.84 Å². The molecule has 0 spiro atoms. The first-order valence-electron chi connectivity index (χ1n) is 5.33. The summed E-state index contributed by atoms with van der Waals surface area (Å²) in [5, 5.41) is 0. The van der Waals surface area contributed by atoms with Crippen molar-refractivity contribution in [3.05, 3.63) is 29.8 Å². The van der Waals surface area contributed by atoms with Gasteiger partial charge in [0.15, 0.2) is 0 Å². The maximum Gasteiger partial charge on any atom is 0.293 e. The van der Waals surface area contributed by atoms with Gasteiger partial charge in [-0.15, -0.1) is 0 Å². The Morgan fingerprint density at radius 1 is 1.44 bits per heavy atom. The van der Waals surface area contributed by atoms with Crippen LogP contribution in [0.3, 0.4) is 0 Å². The summed E-state index contributed by atoms with van der Waals surface area (Å²) in [6, 6.07) is 2.51. The van der Waals surface area contributed by atoms with Crippen LogP contribution in [0, 0.1) is 5.82 Å². The Balaban J connectivity index is 1.85. The molecule has 2 rings (SSSR count). The van der Waals surface area contributed by atoms with Crippen molar-refractivity contribution in [2.24, 2.45) is 0 Å². The largest absolute Gasteiger partial charge is 0.293 e. The quantitative estimate of drug-likeness (QED) is 0.797. The van der Waals surface area contributed by atoms with Gasteiger partial charge in [-0.25, -0.2) is 14.9 Å². The normalized spacial score (nSPS) is 16.3. The number of hydrogen-bond donors (Lipinski definition) is 1. The first-order chi connectivity index (χ1) is 7.75. The molecule has 1 aliphatic rings. The van der Waals surface area contributed by atoms with Gasteiger partial charge in [0.05, 0.1) is 12.3 Å². The van der Waals surface area contributed by atoms with Crippen LogP contribution in [0.25, 0.3) is 0 Å². The van der Waals surface area contributed by atoms with E-state index in [1.807, 2.05) is 0 Å². The van der Waals surface area contributed by atoms with Crippen LogP contribution >= 0.6 is 0 Å². The minimum atomic E-state index is -0.465. The minimum Gasteiger partial charge on any atom is -0.270 e. The molecular formula is C11H13FN2O2. The average molecular weight is 224 g/mol. The molecule has 86 valence electrons. The number of aromatic nitrogens is 1. The predicted molar refractivity (Wildman–Crippen MR) is 55.0 cm³/mol. The Labute approximate surface area is 92.8 Å². The molecule has 0 saturated heterocycles. The highest BCUT2D eigenvalue weighted by Crippen LogP contribution is 2.19. The second kappa shape index (κ2) is 5.03. The number of amides is 1. The van der Waals surface area contributed by atoms with E-state index < -0.39 is 11.7 Å². The number of carbonyl (C=O) groups is 1. The summed E-state index contributed by atoms with van der Waals surface area (Å²) in [6.45, 7) is 0. The molecule has 1 heterocycles. The minimum absolute atomic E-state index is 0.101. The standard InChI is InChI=1S/C11H13FN2O2/c12-8-5-6-10(13-7-8)11(15)14-16-9-3-1-2-4-9/h5-7,9H,1-4H2,(H,14,15). The molecular weight excluding hydrogens is 211 g/mol. The molecule has 0 aliphatic heterocycles. The van der Waals surface area contributed by atoms with Crippen molar-refractivity contribution >= 4 is 5.91 Å². The third-order valence-corrected chi connectivity index (χ3v) is 2.58. The van der Waals surface area contributed by atoms with Crippen LogP contribution in [0.2, 0.25) is 0 Å². The number of hydroxylamine groups is 1. The number of hydrogen-bond acceptors (Lipinski definition) is 3. The molecule has 1 aromatic rings. The van der Waals surface area contributed by atoms with Crippen molar-refractivity contribution in [1.82, 2.24) is 10.5 Å². The fraction of sp³-hybridized carbons (Fsp3) is 0.455. The van der Waals surface area contributed by atoms with Gasteiger partial charge >= 0.3 is 0 Å². The molecule has 0 radical (unpaired) electrons. The van der Waals surface area contributed by atoms with Crippen molar-refractivity contribution < 1.29 is 14.0 Å². The highest BCUT2D eigenvalue weighted by Gasteiger charge is 2.17. The van der Waals surface area contributed by atoms with Crippen LogP contribution in [-0.4, -0.2) is 17.0 Å². The smallest absolute Gasteiger partial charge is 0.270 e. The van der Waals surface area contributed by atoms with Gasteiger partial charge in [0, 0.05) is 0 Å². The van der Waals surface area contributed by atoms with Gasteiger partial charge in [0.1, 0.15) is 11.5 Å². The molecule has 1 amide bonds. The maximum atomic E-state index is 12.6. The molecule has 5 heteroatoms. The van der Waals surface area contributed by atoms with Gasteiger partial charge in [0.2, 0.25) is 0 Å². The van der Waals surface area contributed by atoms with Crippen LogP contribution in [0.4, 0.5) is 4.39 Å². The molecule has 0 bridgehead atoms. The summed E-state index contributed by atoms with van der Waals surface area (Å²) < 4.78 is 12.6. The van der Waals surface area contributed by atoms with Crippen molar-refractivity contribution in [1.29, 1.82) is 0 Å². The van der Waals surface area contributed by atoms with Crippen LogP contribution in [0.1, 0.15) is 36.2 Å². The molecule has 1 saturated carbocycles. The molecule has 1 aliphatic carbocycles. The van der Waals surface area contributed by atoms with E-state index >= 15 is 0 Å². The second-order valence-electron chi connectivity index (χ2n) is 3.82. The van der Waals surface area contributed by atoms with Crippen molar-refractivity contribution in [3.8, 4) is 0 Å². The Morgan fingerprint density at radius 2 is 2.19 bits per heavy atom. The molecule has 1 fully saturated rings. The van der Waals surface area contributed by atoms with Gasteiger partial charge in [-0.1, -0.05) is 12.8 Å². The molecule has 4 nitrogen and oxygen atoms in total. The Hall–Kier alpha value is -1.49. The van der Waals surface area contributed by atoms with E-state index in [1.54, 1.807) is 0 Å². The second-order valence-corrected chi connectivity index (χ2v) is 3.82. The maximum absolute atomic E-state index is 12.6. The third-order valence-electron chi connectivity index (χ3n) is 2.58. The number of rotatable bonds is 3. The summed E-state index contributed by atoms with van der Waals surface area (Å²) in [5.74, 6) is -0.903. The van der Waals surface area contributed by atoms with Crippen LogP contribution < -0.4 is 5.48 Å². The summed E-state index contributed by atoms with van der Waals surface area (Å²) in [4.78, 5) is 20.4. The zero-order chi connectivity index (χ0) is 11.4. The lowest BCUT2D eigenvalue weighted by Gasteiger charge is -2.10. The van der Waals surface area contributed by atoms with Gasteiger partial charge in [-0.2, -0.15) is 0 Å². The van der Waals surface area contributed by atoms with E-state index in [-0.39, 0.29) is 11.8 Å². The lowest BCUT2D eigenvalue weighted by molar-refractivity contribution is -0.0127. The highest BCUT2D eigenvalue weighted by molar-refractivity contribution is 5.91. The Morgan fingerprint density at radius 3 is 2.81 bits per heavy atom. The molecule has 0 unspecified atom stereocenters. The molecule has 0 atom stereocenters. The number of halogens is 1. The van der Waals surface area contributed by atoms with E-state index in [4.69, 9.17) is 4.84 Å². The van der Waals surface area contributed by atoms with Crippen LogP contribution in [0.15, 0.2) is 18.3 Å². The number of pyridine rings is 1. The average Bonchev–Trinajstić information content (AvgIpc) is 2.80. The Kier molecular flexibility index (Phi) is 3.46. The Bertz CT molecular complexity index is 361. The van der Waals surface area contributed by atoms with Gasteiger partial charge in [0.25, 0.3) is 5.91 Å². The summed E-state index contributed by atoms with van der Waals surface area (Å²) >= 11 is 0. The zero-order valence-electron chi connectivity index (χ0n) is 8.78. The van der Waals surface area contributed by atoms with Gasteiger partial charge in [-0.3, -0.25) is 9.63 Å². The topological polar surface area (TPSA) is 51.2 Å². The van der Waals surface area contributed by atoms with E-state index in [2.05, 4.69) is 10.5 Å². The van der Waals surface area contributed by atoms with Crippen molar-refractivity contribution in [3.63, 3.8) is 0 Å². The molecule has 16 heavy (non-hydrogen) atoms. The SMILES string of the molecule is O=C(NOC1CCCC1)c1ccc(F)cn1. The monoisotopic (exact) mass is 224 g/mol. The summed E-state index contributed by atoms with van der Waals surface area (Å²) in [5.41, 5.74) is 2.49. The first-order valence-corrected chi connectivity index (χ1v) is 5.33. The number of nitrogens with zero attached hydrogens (tertiary/aromatic N) is 1. The number of carbonyl (C=O) groups excluding carboxylic acids is 1. The van der Waals surface area contributed by atoms with Gasteiger partial charge < -0.3 is 0 Å². The van der Waals surface area contributed by atoms with E-state index in [9.17, 15) is 9.18 Å². The van der Waals surface area contributed by atoms with Gasteiger partial charge in [-0.05, 0) is 25.0 Å². The lowest BCUT2D eigenvalue weighted by atomic mass is 10.3. The predicted octanol–water partition coefficient (Wildman–Crippen LogP) is 1.82. The third kappa shape index (κ3) is 2.76. The summed E-state index contributed by atoms with van der Waals surface area (Å²) in [6.07, 6.45) is 5.31. The fourth-order valence-corrected chi connectivity index (χ4v) is 1.71. The summed E-state index contributed by atoms with van der Waals surface area (Å²) in [7, 11) is 0. The zero-order valence-corrected chi connectivity index (χ0v) is 8.78. The van der Waals surface area contributed by atoms with Crippen molar-refractivity contribution in [2.75, 3.05) is 0 Å². The fourth-order valence-electron chi connectivity index (χ4n) is 1.71. The van der Waals surface area contributed by atoms with Crippen molar-refractivity contribution in [2.45, 2.75) is 31.8 Å². The van der Waals surface area contributed by atoms with E-state index in [0.717, 1.165) is 31.9 Å². The molecule has 0 aromatic carbocycles. The molecule has 1 aromatic heterocycles. The lowest BCUT2D eigenvalue weighted by Crippen LogP contribution is -2.28. The first kappa shape index (κ1) is 11.0. The highest BCUT2D eigenvalue weighted by atomic mass is 19.1. The number of nitrogens with one attached hydrogen (secondary N) is 1. The van der Waals surface area contributed by atoms with E-state index in [0.29, 0.717) is 0 Å².